The first-order valence-corrected chi connectivity index (χ1v) is 8.07. The number of nitrogens with zero attached hydrogens (tertiary/aromatic N) is 1. The molecule has 0 spiro atoms. The standard InChI is InChI=1S/C12H23NO4S/c1-5-18(15,16)10-6-8-13(9-7-10)11(14)17-12(2,3)4/h10H,5-9H2,1-4H3. The summed E-state index contributed by atoms with van der Waals surface area (Å²) in [5, 5.41) is -0.304. The molecule has 0 aliphatic carbocycles. The van der Waals surface area contributed by atoms with Gasteiger partial charge >= 0.3 is 6.09 Å². The smallest absolute Gasteiger partial charge is 0.410 e. The molecule has 1 fully saturated rings. The molecule has 0 N–H and O–H groups in total. The second kappa shape index (κ2) is 5.47. The lowest BCUT2D eigenvalue weighted by Gasteiger charge is -2.33. The Labute approximate surface area is 109 Å². The van der Waals surface area contributed by atoms with Gasteiger partial charge in [-0.25, -0.2) is 13.2 Å². The quantitative estimate of drug-likeness (QED) is 0.772. The van der Waals surface area contributed by atoms with Gasteiger partial charge in [-0.05, 0) is 33.6 Å². The molecule has 0 unspecified atom stereocenters. The van der Waals surface area contributed by atoms with Gasteiger partial charge in [0.15, 0.2) is 9.84 Å². The van der Waals surface area contributed by atoms with Crippen LogP contribution in [0.2, 0.25) is 0 Å². The summed E-state index contributed by atoms with van der Waals surface area (Å²) in [5.74, 6) is 0.171. The van der Waals surface area contributed by atoms with Crippen LogP contribution in [0.3, 0.4) is 0 Å². The van der Waals surface area contributed by atoms with Gasteiger partial charge in [0.1, 0.15) is 5.60 Å². The van der Waals surface area contributed by atoms with Crippen LogP contribution in [0.1, 0.15) is 40.5 Å². The molecule has 5 nitrogen and oxygen atoms in total. The van der Waals surface area contributed by atoms with Crippen molar-refractivity contribution in [3.05, 3.63) is 0 Å². The van der Waals surface area contributed by atoms with E-state index in [1.165, 1.54) is 0 Å². The maximum Gasteiger partial charge on any atom is 0.410 e. The van der Waals surface area contributed by atoms with Gasteiger partial charge in [-0.15, -0.1) is 0 Å². The molecule has 1 aliphatic heterocycles. The molecule has 6 heteroatoms. The Morgan fingerprint density at radius 3 is 2.17 bits per heavy atom. The van der Waals surface area contributed by atoms with Crippen molar-refractivity contribution in [3.63, 3.8) is 0 Å². The first-order valence-electron chi connectivity index (χ1n) is 6.35. The van der Waals surface area contributed by atoms with Gasteiger partial charge < -0.3 is 9.64 Å². The second-order valence-electron chi connectivity index (χ2n) is 5.62. The van der Waals surface area contributed by atoms with Gasteiger partial charge in [0.05, 0.1) is 5.25 Å². The third kappa shape index (κ3) is 4.15. The molecule has 1 rings (SSSR count). The number of rotatable bonds is 2. The van der Waals surface area contributed by atoms with E-state index in [9.17, 15) is 13.2 Å². The van der Waals surface area contributed by atoms with Gasteiger partial charge in [-0.2, -0.15) is 0 Å². The number of carbonyl (C=O) groups excluding carboxylic acids is 1. The third-order valence-electron chi connectivity index (χ3n) is 3.00. The van der Waals surface area contributed by atoms with E-state index < -0.39 is 15.4 Å². The van der Waals surface area contributed by atoms with E-state index in [1.807, 2.05) is 20.8 Å². The summed E-state index contributed by atoms with van der Waals surface area (Å²) in [6.45, 7) is 8.03. The van der Waals surface area contributed by atoms with Crippen molar-refractivity contribution in [3.8, 4) is 0 Å². The molecule has 1 amide bonds. The first-order chi connectivity index (χ1) is 8.15. The van der Waals surface area contributed by atoms with Crippen molar-refractivity contribution in [2.24, 2.45) is 0 Å². The van der Waals surface area contributed by atoms with Crippen LogP contribution in [0.15, 0.2) is 0 Å². The number of hydrogen-bond acceptors (Lipinski definition) is 4. The number of carbonyl (C=O) groups is 1. The predicted molar refractivity (Wildman–Crippen MR) is 70.3 cm³/mol. The fourth-order valence-corrected chi connectivity index (χ4v) is 3.36. The third-order valence-corrected chi connectivity index (χ3v) is 5.30. The zero-order chi connectivity index (χ0) is 14.0. The molecule has 1 aliphatic rings. The maximum absolute atomic E-state index is 11.8. The SMILES string of the molecule is CCS(=O)(=O)C1CCN(C(=O)OC(C)(C)C)CC1. The normalized spacial score (nSPS) is 18.8. The highest BCUT2D eigenvalue weighted by Gasteiger charge is 2.32. The number of hydrogen-bond donors (Lipinski definition) is 0. The molecule has 0 aromatic heterocycles. The van der Waals surface area contributed by atoms with E-state index in [2.05, 4.69) is 0 Å². The van der Waals surface area contributed by atoms with Crippen molar-refractivity contribution < 1.29 is 17.9 Å². The summed E-state index contributed by atoms with van der Waals surface area (Å²) in [6.07, 6.45) is 0.667. The predicted octanol–water partition coefficient (Wildman–Crippen LogP) is 1.82. The molecule has 0 aromatic rings. The Hall–Kier alpha value is -0.780. The van der Waals surface area contributed by atoms with Crippen LogP contribution in [0.5, 0.6) is 0 Å². The highest BCUT2D eigenvalue weighted by Crippen LogP contribution is 2.20. The first kappa shape index (κ1) is 15.3. The van der Waals surface area contributed by atoms with Gasteiger partial charge in [0.25, 0.3) is 0 Å². The van der Waals surface area contributed by atoms with E-state index in [-0.39, 0.29) is 17.1 Å². The summed E-state index contributed by atoms with van der Waals surface area (Å²) in [6, 6.07) is 0. The Morgan fingerprint density at radius 2 is 1.78 bits per heavy atom. The van der Waals surface area contributed by atoms with Gasteiger partial charge in [-0.1, -0.05) is 6.92 Å². The Morgan fingerprint density at radius 1 is 1.28 bits per heavy atom. The van der Waals surface area contributed by atoms with Crippen LogP contribution >= 0.6 is 0 Å². The van der Waals surface area contributed by atoms with Crippen LogP contribution < -0.4 is 0 Å². The van der Waals surface area contributed by atoms with E-state index in [1.54, 1.807) is 11.8 Å². The van der Waals surface area contributed by atoms with Gasteiger partial charge in [-0.3, -0.25) is 0 Å². The summed E-state index contributed by atoms with van der Waals surface area (Å²) >= 11 is 0. The number of likely N-dealkylation sites (tertiary alicyclic amines) is 1. The highest BCUT2D eigenvalue weighted by molar-refractivity contribution is 7.92. The van der Waals surface area contributed by atoms with Crippen LogP contribution in [0.25, 0.3) is 0 Å². The maximum atomic E-state index is 11.8. The number of amides is 1. The molecule has 106 valence electrons. The van der Waals surface area contributed by atoms with E-state index in [0.29, 0.717) is 25.9 Å². The number of sulfone groups is 1. The fourth-order valence-electron chi connectivity index (χ4n) is 1.96. The van der Waals surface area contributed by atoms with Gasteiger partial charge in [0, 0.05) is 18.8 Å². The molecular weight excluding hydrogens is 254 g/mol. The second-order valence-corrected chi connectivity index (χ2v) is 8.19. The van der Waals surface area contributed by atoms with Crippen molar-refractivity contribution in [1.82, 2.24) is 4.90 Å². The number of ether oxygens (including phenoxy) is 1. The fraction of sp³-hybridized carbons (Fsp3) is 0.917. The zero-order valence-corrected chi connectivity index (χ0v) is 12.4. The summed E-state index contributed by atoms with van der Waals surface area (Å²) < 4.78 is 28.7. The zero-order valence-electron chi connectivity index (χ0n) is 11.6. The van der Waals surface area contributed by atoms with E-state index >= 15 is 0 Å². The van der Waals surface area contributed by atoms with Crippen LogP contribution in [-0.4, -0.2) is 49.1 Å². The van der Waals surface area contributed by atoms with Crippen molar-refractivity contribution in [1.29, 1.82) is 0 Å². The lowest BCUT2D eigenvalue weighted by atomic mass is 10.1. The lowest BCUT2D eigenvalue weighted by Crippen LogP contribution is -2.44. The minimum absolute atomic E-state index is 0.171. The molecule has 0 radical (unpaired) electrons. The molecule has 0 saturated carbocycles. The Kier molecular flexibility index (Phi) is 4.64. The van der Waals surface area contributed by atoms with E-state index in [4.69, 9.17) is 4.74 Å². The minimum Gasteiger partial charge on any atom is -0.444 e. The van der Waals surface area contributed by atoms with Crippen LogP contribution in [0, 0.1) is 0 Å². The number of piperidine rings is 1. The Bertz CT molecular complexity index is 389. The minimum atomic E-state index is -2.98. The highest BCUT2D eigenvalue weighted by atomic mass is 32.2. The molecule has 0 bridgehead atoms. The molecule has 0 atom stereocenters. The topological polar surface area (TPSA) is 63.7 Å². The van der Waals surface area contributed by atoms with Crippen LogP contribution in [-0.2, 0) is 14.6 Å². The monoisotopic (exact) mass is 277 g/mol. The molecule has 1 heterocycles. The summed E-state index contributed by atoms with van der Waals surface area (Å²) in [7, 11) is -2.98. The molecule has 1 saturated heterocycles. The largest absolute Gasteiger partial charge is 0.444 e. The van der Waals surface area contributed by atoms with E-state index in [0.717, 1.165) is 0 Å². The molecule has 0 aromatic carbocycles. The summed E-state index contributed by atoms with van der Waals surface area (Å²) in [4.78, 5) is 13.4. The van der Waals surface area contributed by atoms with Crippen LogP contribution in [0.4, 0.5) is 4.79 Å². The van der Waals surface area contributed by atoms with Crippen molar-refractivity contribution in [2.45, 2.75) is 51.4 Å². The molecule has 18 heavy (non-hydrogen) atoms. The average molecular weight is 277 g/mol. The summed E-state index contributed by atoms with van der Waals surface area (Å²) in [5.41, 5.74) is -0.510. The Balaban J connectivity index is 2.52. The van der Waals surface area contributed by atoms with Crippen molar-refractivity contribution in [2.75, 3.05) is 18.8 Å². The average Bonchev–Trinajstić information content (AvgIpc) is 2.27. The van der Waals surface area contributed by atoms with Gasteiger partial charge in [0.2, 0.25) is 0 Å². The van der Waals surface area contributed by atoms with Crippen molar-refractivity contribution >= 4 is 15.9 Å². The lowest BCUT2D eigenvalue weighted by molar-refractivity contribution is 0.0217. The molecular formula is C12H23NO4S.